The van der Waals surface area contributed by atoms with Gasteiger partial charge in [0, 0.05) is 13.0 Å². The Labute approximate surface area is 142 Å². The summed E-state index contributed by atoms with van der Waals surface area (Å²) >= 11 is 0. The summed E-state index contributed by atoms with van der Waals surface area (Å²) in [6, 6.07) is 20.0. The van der Waals surface area contributed by atoms with E-state index in [-0.39, 0.29) is 30.3 Å². The van der Waals surface area contributed by atoms with E-state index in [9.17, 15) is 9.59 Å². The van der Waals surface area contributed by atoms with Crippen molar-refractivity contribution in [2.24, 2.45) is 5.92 Å². The molecule has 0 spiro atoms. The van der Waals surface area contributed by atoms with Crippen molar-refractivity contribution < 1.29 is 14.3 Å². The van der Waals surface area contributed by atoms with Crippen molar-refractivity contribution in [3.05, 3.63) is 71.8 Å². The maximum atomic E-state index is 12.6. The molecule has 3 rings (SSSR count). The van der Waals surface area contributed by atoms with Crippen LogP contribution in [0.25, 0.3) is 0 Å². The molecule has 124 valence electrons. The lowest BCUT2D eigenvalue weighted by atomic mass is 9.79. The molecule has 0 saturated carbocycles. The largest absolute Gasteiger partial charge is 0.469 e. The van der Waals surface area contributed by atoms with E-state index in [4.69, 9.17) is 4.74 Å². The van der Waals surface area contributed by atoms with Gasteiger partial charge in [0.25, 0.3) is 0 Å². The minimum Gasteiger partial charge on any atom is -0.469 e. The predicted molar refractivity (Wildman–Crippen MR) is 90.9 cm³/mol. The Morgan fingerprint density at radius 2 is 1.67 bits per heavy atom. The molecule has 1 saturated heterocycles. The fourth-order valence-electron chi connectivity index (χ4n) is 3.30. The van der Waals surface area contributed by atoms with Gasteiger partial charge in [0.15, 0.2) is 0 Å². The van der Waals surface area contributed by atoms with Gasteiger partial charge in [-0.1, -0.05) is 60.7 Å². The topological polar surface area (TPSA) is 46.6 Å². The summed E-state index contributed by atoms with van der Waals surface area (Å²) in [5, 5.41) is 0. The number of likely N-dealkylation sites (tertiary alicyclic amines) is 1. The highest BCUT2D eigenvalue weighted by Gasteiger charge is 2.47. The lowest BCUT2D eigenvalue weighted by Crippen LogP contribution is -2.54. The number of amides is 1. The smallest absolute Gasteiger partial charge is 0.305 e. The van der Waals surface area contributed by atoms with Gasteiger partial charge in [-0.05, 0) is 17.5 Å². The Hall–Kier alpha value is -2.62. The standard InChI is InChI=1S/C20H21NO3/c1-24-18(22)13-12-17-19(16-10-6-3-7-11-16)21(20(17)23)14-15-8-4-2-5-9-15/h2-11,17,19H,12-14H2,1H3/t17-,19?/m1/s1. The van der Waals surface area contributed by atoms with Crippen molar-refractivity contribution >= 4 is 11.9 Å². The van der Waals surface area contributed by atoms with Crippen molar-refractivity contribution in [1.82, 2.24) is 4.90 Å². The summed E-state index contributed by atoms with van der Waals surface area (Å²) < 4.78 is 4.70. The zero-order valence-electron chi connectivity index (χ0n) is 13.7. The van der Waals surface area contributed by atoms with E-state index in [0.29, 0.717) is 13.0 Å². The summed E-state index contributed by atoms with van der Waals surface area (Å²) in [5.41, 5.74) is 2.22. The molecule has 2 atom stereocenters. The van der Waals surface area contributed by atoms with E-state index >= 15 is 0 Å². The second kappa shape index (κ2) is 7.30. The molecule has 1 unspecified atom stereocenters. The fourth-order valence-corrected chi connectivity index (χ4v) is 3.30. The zero-order valence-corrected chi connectivity index (χ0v) is 13.7. The van der Waals surface area contributed by atoms with E-state index in [1.165, 1.54) is 7.11 Å². The average Bonchev–Trinajstić information content (AvgIpc) is 2.64. The van der Waals surface area contributed by atoms with Crippen molar-refractivity contribution in [2.45, 2.75) is 25.4 Å². The highest BCUT2D eigenvalue weighted by molar-refractivity contribution is 5.87. The molecule has 2 aromatic rings. The Balaban J connectivity index is 1.78. The van der Waals surface area contributed by atoms with Gasteiger partial charge in [-0.15, -0.1) is 0 Å². The fraction of sp³-hybridized carbons (Fsp3) is 0.300. The van der Waals surface area contributed by atoms with Crippen LogP contribution in [0.15, 0.2) is 60.7 Å². The molecule has 1 heterocycles. The minimum atomic E-state index is -0.267. The molecule has 1 fully saturated rings. The average molecular weight is 323 g/mol. The van der Waals surface area contributed by atoms with E-state index in [1.54, 1.807) is 0 Å². The highest BCUT2D eigenvalue weighted by Crippen LogP contribution is 2.43. The first kappa shape index (κ1) is 16.2. The number of methoxy groups -OCH3 is 1. The summed E-state index contributed by atoms with van der Waals surface area (Å²) in [6.07, 6.45) is 0.797. The Kier molecular flexibility index (Phi) is 4.94. The van der Waals surface area contributed by atoms with Gasteiger partial charge >= 0.3 is 5.97 Å². The first-order valence-corrected chi connectivity index (χ1v) is 8.17. The maximum Gasteiger partial charge on any atom is 0.305 e. The molecule has 1 aliphatic heterocycles. The summed E-state index contributed by atoms with van der Waals surface area (Å²) in [5.74, 6) is -0.317. The van der Waals surface area contributed by atoms with Gasteiger partial charge in [-0.3, -0.25) is 9.59 Å². The van der Waals surface area contributed by atoms with Crippen LogP contribution >= 0.6 is 0 Å². The second-order valence-corrected chi connectivity index (χ2v) is 6.03. The SMILES string of the molecule is COC(=O)CC[C@H]1C(=O)N(Cc2ccccc2)C1c1ccccc1. The Bertz CT molecular complexity index is 699. The van der Waals surface area contributed by atoms with Crippen LogP contribution in [0, 0.1) is 5.92 Å². The van der Waals surface area contributed by atoms with Gasteiger partial charge in [-0.25, -0.2) is 0 Å². The van der Waals surface area contributed by atoms with Crippen LogP contribution in [0.2, 0.25) is 0 Å². The first-order chi connectivity index (χ1) is 11.7. The summed E-state index contributed by atoms with van der Waals surface area (Å²) in [7, 11) is 1.38. The molecule has 0 N–H and O–H groups in total. The van der Waals surface area contributed by atoms with Crippen molar-refractivity contribution in [2.75, 3.05) is 7.11 Å². The molecule has 24 heavy (non-hydrogen) atoms. The number of rotatable bonds is 6. The number of benzene rings is 2. The molecular formula is C20H21NO3. The van der Waals surface area contributed by atoms with Gasteiger partial charge in [0.05, 0.1) is 19.1 Å². The number of nitrogens with zero attached hydrogens (tertiary/aromatic N) is 1. The van der Waals surface area contributed by atoms with Crippen LogP contribution in [-0.4, -0.2) is 23.9 Å². The number of β-lactam (4-membered cyclic amide) rings is 1. The molecule has 4 heteroatoms. The van der Waals surface area contributed by atoms with Gasteiger partial charge < -0.3 is 9.64 Å². The van der Waals surface area contributed by atoms with Gasteiger partial charge in [0.2, 0.25) is 5.91 Å². The van der Waals surface area contributed by atoms with Crippen LogP contribution in [0.5, 0.6) is 0 Å². The first-order valence-electron chi connectivity index (χ1n) is 8.17. The van der Waals surface area contributed by atoms with Crippen LogP contribution in [0.4, 0.5) is 0 Å². The quantitative estimate of drug-likeness (QED) is 0.605. The van der Waals surface area contributed by atoms with Gasteiger partial charge in [-0.2, -0.15) is 0 Å². The monoisotopic (exact) mass is 323 g/mol. The number of ether oxygens (including phenoxy) is 1. The molecule has 0 aliphatic carbocycles. The second-order valence-electron chi connectivity index (χ2n) is 6.03. The Morgan fingerprint density at radius 3 is 2.29 bits per heavy atom. The molecule has 0 bridgehead atoms. The number of esters is 1. The van der Waals surface area contributed by atoms with Crippen molar-refractivity contribution in [3.63, 3.8) is 0 Å². The third-order valence-corrected chi connectivity index (χ3v) is 4.54. The number of hydrogen-bond acceptors (Lipinski definition) is 3. The van der Waals surface area contributed by atoms with Crippen LogP contribution < -0.4 is 0 Å². The molecule has 1 aliphatic rings. The van der Waals surface area contributed by atoms with E-state index in [0.717, 1.165) is 11.1 Å². The van der Waals surface area contributed by atoms with E-state index in [1.807, 2.05) is 65.6 Å². The normalized spacial score (nSPS) is 19.7. The molecular weight excluding hydrogens is 302 g/mol. The van der Waals surface area contributed by atoms with Crippen LogP contribution in [0.3, 0.4) is 0 Å². The third kappa shape index (κ3) is 3.32. The van der Waals surface area contributed by atoms with Crippen LogP contribution in [-0.2, 0) is 20.9 Å². The van der Waals surface area contributed by atoms with Crippen molar-refractivity contribution in [3.8, 4) is 0 Å². The van der Waals surface area contributed by atoms with E-state index < -0.39 is 0 Å². The molecule has 1 amide bonds. The maximum absolute atomic E-state index is 12.6. The lowest BCUT2D eigenvalue weighted by molar-refractivity contribution is -0.159. The third-order valence-electron chi connectivity index (χ3n) is 4.54. The summed E-state index contributed by atoms with van der Waals surface area (Å²) in [6.45, 7) is 0.591. The number of carbonyl (C=O) groups excluding carboxylic acids is 2. The molecule has 4 nitrogen and oxygen atoms in total. The minimum absolute atomic E-state index is 0.0172. The van der Waals surface area contributed by atoms with Crippen molar-refractivity contribution in [1.29, 1.82) is 0 Å². The number of hydrogen-bond donors (Lipinski definition) is 0. The molecule has 2 aromatic carbocycles. The lowest BCUT2D eigenvalue weighted by Gasteiger charge is -2.47. The zero-order chi connectivity index (χ0) is 16.9. The number of carbonyl (C=O) groups is 2. The molecule has 0 aromatic heterocycles. The Morgan fingerprint density at radius 1 is 1.04 bits per heavy atom. The summed E-state index contributed by atoms with van der Waals surface area (Å²) in [4.78, 5) is 26.0. The highest BCUT2D eigenvalue weighted by atomic mass is 16.5. The van der Waals surface area contributed by atoms with E-state index in [2.05, 4.69) is 0 Å². The van der Waals surface area contributed by atoms with Gasteiger partial charge in [0.1, 0.15) is 0 Å². The predicted octanol–water partition coefficient (Wildman–Crippen LogP) is 3.34. The molecule has 0 radical (unpaired) electrons. The van der Waals surface area contributed by atoms with Crippen LogP contribution in [0.1, 0.15) is 30.0 Å².